The molecular weight excluding hydrogens is 439 g/mol. The Hall–Kier alpha value is -3.06. The molecule has 0 radical (unpaired) electrons. The standard InChI is InChI=1S/C26H25FN2O3S/c27-17-7-5-16(6-8-17)24-25-20(19-3-1-2-4-23(19)33-25)11-12-29(24)26(30)28-18-9-10-21-22(15-18)32-14-13-31-21/h5-10,15,24H,1-4,11-14H2,(H,28,30)/t24-/m0/s1. The summed E-state index contributed by atoms with van der Waals surface area (Å²) in [4.78, 5) is 18.1. The van der Waals surface area contributed by atoms with E-state index in [2.05, 4.69) is 5.32 Å². The topological polar surface area (TPSA) is 50.8 Å². The number of nitrogens with one attached hydrogen (secondary N) is 1. The molecule has 2 amide bonds. The molecule has 0 fully saturated rings. The molecule has 170 valence electrons. The van der Waals surface area contributed by atoms with Gasteiger partial charge in [0, 0.05) is 28.1 Å². The summed E-state index contributed by atoms with van der Waals surface area (Å²) in [7, 11) is 0. The fraction of sp³-hybridized carbons (Fsp3) is 0.346. The lowest BCUT2D eigenvalue weighted by Gasteiger charge is -2.36. The number of fused-ring (bicyclic) bond motifs is 4. The number of aryl methyl sites for hydroxylation is 1. The SMILES string of the molecule is O=C(Nc1ccc2c(c1)OCCO2)N1CCc2c(sc3c2CCCC3)[C@@H]1c1ccc(F)cc1. The summed E-state index contributed by atoms with van der Waals surface area (Å²) in [6, 6.07) is 11.6. The number of anilines is 1. The normalized spacial score (nSPS) is 18.9. The minimum atomic E-state index is -0.271. The van der Waals surface area contributed by atoms with Crippen molar-refractivity contribution in [1.82, 2.24) is 4.90 Å². The molecule has 3 aromatic rings. The van der Waals surface area contributed by atoms with Gasteiger partial charge >= 0.3 is 6.03 Å². The zero-order valence-corrected chi connectivity index (χ0v) is 19.1. The first kappa shape index (κ1) is 20.5. The molecule has 0 saturated heterocycles. The molecule has 2 aliphatic heterocycles. The van der Waals surface area contributed by atoms with Gasteiger partial charge in [0.1, 0.15) is 19.0 Å². The van der Waals surface area contributed by atoms with Crippen molar-refractivity contribution in [1.29, 1.82) is 0 Å². The molecule has 7 heteroatoms. The van der Waals surface area contributed by atoms with Crippen molar-refractivity contribution in [2.24, 2.45) is 0 Å². The van der Waals surface area contributed by atoms with Crippen LogP contribution in [0.15, 0.2) is 42.5 Å². The number of carbonyl (C=O) groups is 1. The third-order valence-electron chi connectivity index (χ3n) is 6.71. The second-order valence-corrected chi connectivity index (χ2v) is 9.88. The molecule has 0 unspecified atom stereocenters. The van der Waals surface area contributed by atoms with Crippen LogP contribution in [0.25, 0.3) is 0 Å². The quantitative estimate of drug-likeness (QED) is 0.528. The number of thiophene rings is 1. The van der Waals surface area contributed by atoms with E-state index in [4.69, 9.17) is 9.47 Å². The molecule has 1 aromatic heterocycles. The summed E-state index contributed by atoms with van der Waals surface area (Å²) in [5.74, 6) is 1.06. The summed E-state index contributed by atoms with van der Waals surface area (Å²) in [5.41, 5.74) is 4.51. The maximum absolute atomic E-state index is 13.7. The van der Waals surface area contributed by atoms with E-state index in [0.717, 1.165) is 24.8 Å². The van der Waals surface area contributed by atoms with E-state index in [1.807, 2.05) is 28.4 Å². The van der Waals surface area contributed by atoms with Gasteiger partial charge in [-0.05, 0) is 73.1 Å². The van der Waals surface area contributed by atoms with Crippen LogP contribution < -0.4 is 14.8 Å². The predicted octanol–water partition coefficient (Wildman–Crippen LogP) is 5.72. The van der Waals surface area contributed by atoms with Gasteiger partial charge < -0.3 is 19.7 Å². The minimum Gasteiger partial charge on any atom is -0.486 e. The van der Waals surface area contributed by atoms with Crippen molar-refractivity contribution in [3.63, 3.8) is 0 Å². The van der Waals surface area contributed by atoms with Crippen LogP contribution in [0.1, 0.15) is 45.3 Å². The van der Waals surface area contributed by atoms with Gasteiger partial charge in [-0.2, -0.15) is 0 Å². The number of urea groups is 1. The lowest BCUT2D eigenvalue weighted by atomic mass is 9.88. The molecule has 1 aliphatic carbocycles. The summed E-state index contributed by atoms with van der Waals surface area (Å²) in [5, 5.41) is 3.05. The zero-order chi connectivity index (χ0) is 22.4. The van der Waals surface area contributed by atoms with Crippen LogP contribution in [-0.2, 0) is 19.3 Å². The van der Waals surface area contributed by atoms with Gasteiger partial charge in [0.05, 0.1) is 6.04 Å². The van der Waals surface area contributed by atoms with Crippen LogP contribution in [0.2, 0.25) is 0 Å². The van der Waals surface area contributed by atoms with Crippen molar-refractivity contribution in [2.75, 3.05) is 25.1 Å². The van der Waals surface area contributed by atoms with Crippen molar-refractivity contribution in [3.05, 3.63) is 74.7 Å². The van der Waals surface area contributed by atoms with E-state index in [1.165, 1.54) is 45.9 Å². The summed E-state index contributed by atoms with van der Waals surface area (Å²) < 4.78 is 25.0. The second kappa shape index (κ2) is 8.37. The van der Waals surface area contributed by atoms with E-state index in [9.17, 15) is 9.18 Å². The van der Waals surface area contributed by atoms with E-state index >= 15 is 0 Å². The molecule has 6 rings (SSSR count). The van der Waals surface area contributed by atoms with Crippen molar-refractivity contribution >= 4 is 23.1 Å². The highest BCUT2D eigenvalue weighted by atomic mass is 32.1. The minimum absolute atomic E-state index is 0.168. The highest BCUT2D eigenvalue weighted by Crippen LogP contribution is 2.45. The van der Waals surface area contributed by atoms with Crippen LogP contribution in [0.3, 0.4) is 0 Å². The molecule has 0 spiro atoms. The second-order valence-electron chi connectivity index (χ2n) is 8.74. The van der Waals surface area contributed by atoms with Crippen LogP contribution >= 0.6 is 11.3 Å². The number of hydrogen-bond acceptors (Lipinski definition) is 4. The molecule has 0 bridgehead atoms. The average Bonchev–Trinajstić information content (AvgIpc) is 3.23. The van der Waals surface area contributed by atoms with E-state index in [0.29, 0.717) is 36.9 Å². The number of nitrogens with zero attached hydrogens (tertiary/aromatic N) is 1. The van der Waals surface area contributed by atoms with Gasteiger partial charge in [0.25, 0.3) is 0 Å². The lowest BCUT2D eigenvalue weighted by Crippen LogP contribution is -2.42. The number of hydrogen-bond donors (Lipinski definition) is 1. The van der Waals surface area contributed by atoms with Crippen LogP contribution in [0.5, 0.6) is 11.5 Å². The Morgan fingerprint density at radius 2 is 1.76 bits per heavy atom. The van der Waals surface area contributed by atoms with E-state index in [1.54, 1.807) is 18.2 Å². The molecular formula is C26H25FN2O3S. The van der Waals surface area contributed by atoms with Gasteiger partial charge in [0.2, 0.25) is 0 Å². The Kier molecular flexibility index (Phi) is 5.21. The summed E-state index contributed by atoms with van der Waals surface area (Å²) >= 11 is 1.84. The van der Waals surface area contributed by atoms with Gasteiger partial charge in [-0.3, -0.25) is 0 Å². The number of rotatable bonds is 2. The molecule has 5 nitrogen and oxygen atoms in total. The van der Waals surface area contributed by atoms with Crippen LogP contribution in [0, 0.1) is 5.82 Å². The number of benzene rings is 2. The zero-order valence-electron chi connectivity index (χ0n) is 18.2. The van der Waals surface area contributed by atoms with Gasteiger partial charge in [0.15, 0.2) is 11.5 Å². The number of halogens is 1. The largest absolute Gasteiger partial charge is 0.486 e. The predicted molar refractivity (Wildman–Crippen MR) is 126 cm³/mol. The number of ether oxygens (including phenoxy) is 2. The van der Waals surface area contributed by atoms with E-state index < -0.39 is 0 Å². The van der Waals surface area contributed by atoms with E-state index in [-0.39, 0.29) is 17.9 Å². The maximum atomic E-state index is 13.7. The Balaban J connectivity index is 1.34. The Labute approximate surface area is 196 Å². The van der Waals surface area contributed by atoms with Crippen LogP contribution in [-0.4, -0.2) is 30.7 Å². The first-order chi connectivity index (χ1) is 16.2. The van der Waals surface area contributed by atoms with Gasteiger partial charge in [-0.1, -0.05) is 12.1 Å². The van der Waals surface area contributed by atoms with Crippen molar-refractivity contribution in [2.45, 2.75) is 38.1 Å². The van der Waals surface area contributed by atoms with Gasteiger partial charge in [-0.25, -0.2) is 9.18 Å². The summed E-state index contributed by atoms with van der Waals surface area (Å²) in [6.45, 7) is 1.64. The summed E-state index contributed by atoms with van der Waals surface area (Å²) in [6.07, 6.45) is 5.55. The lowest BCUT2D eigenvalue weighted by molar-refractivity contribution is 0.171. The molecule has 1 atom stereocenters. The van der Waals surface area contributed by atoms with Gasteiger partial charge in [-0.15, -0.1) is 11.3 Å². The monoisotopic (exact) mass is 464 g/mol. The maximum Gasteiger partial charge on any atom is 0.322 e. The Bertz CT molecular complexity index is 1210. The highest BCUT2D eigenvalue weighted by molar-refractivity contribution is 7.12. The molecule has 0 saturated carbocycles. The first-order valence-electron chi connectivity index (χ1n) is 11.5. The molecule has 1 N–H and O–H groups in total. The average molecular weight is 465 g/mol. The smallest absolute Gasteiger partial charge is 0.322 e. The Morgan fingerprint density at radius 1 is 0.970 bits per heavy atom. The fourth-order valence-electron chi connectivity index (χ4n) is 5.16. The van der Waals surface area contributed by atoms with Crippen molar-refractivity contribution < 1.29 is 18.7 Å². The molecule has 3 aliphatic rings. The molecule has 3 heterocycles. The highest BCUT2D eigenvalue weighted by Gasteiger charge is 2.36. The molecule has 2 aromatic carbocycles. The molecule has 33 heavy (non-hydrogen) atoms. The fourth-order valence-corrected chi connectivity index (χ4v) is 6.75. The first-order valence-corrected chi connectivity index (χ1v) is 12.3. The Morgan fingerprint density at radius 3 is 2.61 bits per heavy atom. The third kappa shape index (κ3) is 3.74. The van der Waals surface area contributed by atoms with Crippen LogP contribution in [0.4, 0.5) is 14.9 Å². The number of carbonyl (C=O) groups excluding carboxylic acids is 1. The third-order valence-corrected chi connectivity index (χ3v) is 8.10. The number of amides is 2. The van der Waals surface area contributed by atoms with Crippen molar-refractivity contribution in [3.8, 4) is 11.5 Å².